The highest BCUT2D eigenvalue weighted by atomic mass is 35.5. The van der Waals surface area contributed by atoms with Crippen LogP contribution in [-0.4, -0.2) is 36.7 Å². The molecule has 0 aromatic carbocycles. The number of rotatable bonds is 3. The lowest BCUT2D eigenvalue weighted by atomic mass is 10.2. The molecule has 90 valence electrons. The Bertz CT molecular complexity index is 472. The SMILES string of the molecule is Cc1ncc(S(=O)(=O)N2CCC(CCl)C2)s1. The van der Waals surface area contributed by atoms with Crippen molar-refractivity contribution < 1.29 is 8.42 Å². The number of hydrogen-bond acceptors (Lipinski definition) is 4. The quantitative estimate of drug-likeness (QED) is 0.792. The van der Waals surface area contributed by atoms with Gasteiger partial charge in [-0.3, -0.25) is 0 Å². The van der Waals surface area contributed by atoms with Crippen molar-refractivity contribution in [3.63, 3.8) is 0 Å². The normalized spacial score (nSPS) is 22.8. The fraction of sp³-hybridized carbons (Fsp3) is 0.667. The Morgan fingerprint density at radius 2 is 2.44 bits per heavy atom. The topological polar surface area (TPSA) is 50.3 Å². The molecule has 1 atom stereocenters. The molecule has 16 heavy (non-hydrogen) atoms. The Morgan fingerprint density at radius 1 is 1.69 bits per heavy atom. The van der Waals surface area contributed by atoms with Gasteiger partial charge in [0.05, 0.1) is 11.2 Å². The van der Waals surface area contributed by atoms with Crippen molar-refractivity contribution in [2.24, 2.45) is 5.92 Å². The number of thiazole rings is 1. The third-order valence-corrected chi connectivity index (χ3v) is 6.31. The average Bonchev–Trinajstić information content (AvgIpc) is 2.85. The van der Waals surface area contributed by atoms with E-state index < -0.39 is 10.0 Å². The largest absolute Gasteiger partial charge is 0.254 e. The summed E-state index contributed by atoms with van der Waals surface area (Å²) in [6.45, 7) is 2.90. The van der Waals surface area contributed by atoms with Crippen LogP contribution in [0.5, 0.6) is 0 Å². The highest BCUT2D eigenvalue weighted by Crippen LogP contribution is 2.27. The van der Waals surface area contributed by atoms with Gasteiger partial charge in [-0.05, 0) is 19.3 Å². The zero-order valence-electron chi connectivity index (χ0n) is 8.89. The molecule has 0 amide bonds. The summed E-state index contributed by atoms with van der Waals surface area (Å²) in [6, 6.07) is 0. The second-order valence-electron chi connectivity index (χ2n) is 3.87. The van der Waals surface area contributed by atoms with E-state index in [2.05, 4.69) is 4.98 Å². The molecule has 1 aromatic rings. The molecule has 1 aliphatic rings. The molecule has 0 bridgehead atoms. The summed E-state index contributed by atoms with van der Waals surface area (Å²) < 4.78 is 26.2. The van der Waals surface area contributed by atoms with Gasteiger partial charge in [0.1, 0.15) is 0 Å². The zero-order valence-corrected chi connectivity index (χ0v) is 11.3. The molecular formula is C9H13ClN2O2S2. The first-order valence-electron chi connectivity index (χ1n) is 5.02. The predicted molar refractivity (Wildman–Crippen MR) is 64.4 cm³/mol. The summed E-state index contributed by atoms with van der Waals surface area (Å²) in [5, 5.41) is 0.770. The molecule has 0 saturated carbocycles. The monoisotopic (exact) mass is 280 g/mol. The van der Waals surface area contributed by atoms with Gasteiger partial charge in [0, 0.05) is 19.0 Å². The minimum absolute atomic E-state index is 0.283. The van der Waals surface area contributed by atoms with E-state index in [1.54, 1.807) is 6.92 Å². The Labute approximate surface area is 104 Å². The van der Waals surface area contributed by atoms with E-state index in [0.717, 1.165) is 11.4 Å². The standard InChI is InChI=1S/C9H13ClN2O2S2/c1-7-11-5-9(15-7)16(13,14)12-3-2-8(4-10)6-12/h5,8H,2-4,6H2,1H3. The van der Waals surface area contributed by atoms with Crippen molar-refractivity contribution in [2.75, 3.05) is 19.0 Å². The maximum Gasteiger partial charge on any atom is 0.254 e. The summed E-state index contributed by atoms with van der Waals surface area (Å²) in [5.41, 5.74) is 0. The third-order valence-electron chi connectivity index (χ3n) is 2.66. The first-order chi connectivity index (χ1) is 7.54. The molecular weight excluding hydrogens is 268 g/mol. The van der Waals surface area contributed by atoms with E-state index in [0.29, 0.717) is 23.2 Å². The van der Waals surface area contributed by atoms with Gasteiger partial charge < -0.3 is 0 Å². The Balaban J connectivity index is 2.21. The van der Waals surface area contributed by atoms with E-state index >= 15 is 0 Å². The Morgan fingerprint density at radius 3 is 2.94 bits per heavy atom. The van der Waals surface area contributed by atoms with Crippen LogP contribution in [0.4, 0.5) is 0 Å². The average molecular weight is 281 g/mol. The molecule has 0 radical (unpaired) electrons. The number of hydrogen-bond donors (Lipinski definition) is 0. The number of sulfonamides is 1. The van der Waals surface area contributed by atoms with Crippen LogP contribution < -0.4 is 0 Å². The Kier molecular flexibility index (Phi) is 3.53. The number of aryl methyl sites for hydroxylation is 1. The molecule has 0 aliphatic carbocycles. The smallest absolute Gasteiger partial charge is 0.249 e. The van der Waals surface area contributed by atoms with Crippen LogP contribution in [0.1, 0.15) is 11.4 Å². The van der Waals surface area contributed by atoms with E-state index in [9.17, 15) is 8.42 Å². The molecule has 0 spiro atoms. The fourth-order valence-electron chi connectivity index (χ4n) is 1.73. The maximum atomic E-state index is 12.2. The lowest BCUT2D eigenvalue weighted by Gasteiger charge is -2.14. The number of halogens is 1. The lowest BCUT2D eigenvalue weighted by molar-refractivity contribution is 0.467. The van der Waals surface area contributed by atoms with Gasteiger partial charge in [0.25, 0.3) is 10.0 Å². The van der Waals surface area contributed by atoms with E-state index in [-0.39, 0.29) is 5.92 Å². The van der Waals surface area contributed by atoms with E-state index in [4.69, 9.17) is 11.6 Å². The fourth-order valence-corrected chi connectivity index (χ4v) is 4.78. The second kappa shape index (κ2) is 4.60. The second-order valence-corrected chi connectivity index (χ2v) is 7.58. The molecule has 2 rings (SSSR count). The molecule has 0 N–H and O–H groups in total. The summed E-state index contributed by atoms with van der Waals surface area (Å²) in [4.78, 5) is 3.98. The number of aromatic nitrogens is 1. The van der Waals surface area contributed by atoms with E-state index in [1.807, 2.05) is 0 Å². The minimum atomic E-state index is -3.33. The number of alkyl halides is 1. The summed E-state index contributed by atoms with van der Waals surface area (Å²) in [7, 11) is -3.33. The summed E-state index contributed by atoms with van der Waals surface area (Å²) in [6.07, 6.45) is 2.28. The van der Waals surface area contributed by atoms with E-state index in [1.165, 1.54) is 21.8 Å². The highest BCUT2D eigenvalue weighted by Gasteiger charge is 2.33. The van der Waals surface area contributed by atoms with Crippen LogP contribution in [0, 0.1) is 12.8 Å². The Hall–Kier alpha value is -0.170. The molecule has 1 fully saturated rings. The van der Waals surface area contributed by atoms with Gasteiger partial charge in [-0.15, -0.1) is 22.9 Å². The van der Waals surface area contributed by atoms with Crippen LogP contribution in [0.2, 0.25) is 0 Å². The first-order valence-corrected chi connectivity index (χ1v) is 7.81. The lowest BCUT2D eigenvalue weighted by Crippen LogP contribution is -2.28. The molecule has 4 nitrogen and oxygen atoms in total. The van der Waals surface area contributed by atoms with Crippen molar-refractivity contribution in [2.45, 2.75) is 17.6 Å². The van der Waals surface area contributed by atoms with Crippen molar-refractivity contribution >= 4 is 33.0 Å². The van der Waals surface area contributed by atoms with Crippen LogP contribution >= 0.6 is 22.9 Å². The molecule has 1 unspecified atom stereocenters. The van der Waals surface area contributed by atoms with Crippen LogP contribution in [0.3, 0.4) is 0 Å². The summed E-state index contributed by atoms with van der Waals surface area (Å²) in [5.74, 6) is 0.804. The molecule has 1 aliphatic heterocycles. The molecule has 2 heterocycles. The van der Waals surface area contributed by atoms with Crippen LogP contribution in [0.15, 0.2) is 10.4 Å². The van der Waals surface area contributed by atoms with Gasteiger partial charge >= 0.3 is 0 Å². The number of nitrogens with zero attached hydrogens (tertiary/aromatic N) is 2. The molecule has 1 aromatic heterocycles. The molecule has 1 saturated heterocycles. The van der Waals surface area contributed by atoms with Crippen LogP contribution in [-0.2, 0) is 10.0 Å². The van der Waals surface area contributed by atoms with Gasteiger partial charge in [-0.1, -0.05) is 0 Å². The van der Waals surface area contributed by atoms with Gasteiger partial charge in [-0.25, -0.2) is 13.4 Å². The first kappa shape index (κ1) is 12.3. The zero-order chi connectivity index (χ0) is 11.8. The summed E-state index contributed by atoms with van der Waals surface area (Å²) >= 11 is 6.96. The van der Waals surface area contributed by atoms with Crippen molar-refractivity contribution in [3.8, 4) is 0 Å². The highest BCUT2D eigenvalue weighted by molar-refractivity contribution is 7.91. The van der Waals surface area contributed by atoms with Gasteiger partial charge in [0.2, 0.25) is 0 Å². The van der Waals surface area contributed by atoms with Gasteiger partial charge in [0.15, 0.2) is 4.21 Å². The van der Waals surface area contributed by atoms with Crippen molar-refractivity contribution in [3.05, 3.63) is 11.2 Å². The predicted octanol–water partition coefficient (Wildman–Crippen LogP) is 1.70. The maximum absolute atomic E-state index is 12.2. The third kappa shape index (κ3) is 2.25. The minimum Gasteiger partial charge on any atom is -0.249 e. The van der Waals surface area contributed by atoms with Crippen LogP contribution in [0.25, 0.3) is 0 Å². The van der Waals surface area contributed by atoms with Gasteiger partial charge in [-0.2, -0.15) is 4.31 Å². The molecule has 7 heteroatoms. The van der Waals surface area contributed by atoms with Crippen molar-refractivity contribution in [1.82, 2.24) is 9.29 Å². The van der Waals surface area contributed by atoms with Crippen molar-refractivity contribution in [1.29, 1.82) is 0 Å².